The molecule has 2 amide bonds. The number of aliphatic hydroxyl groups is 1. The van der Waals surface area contributed by atoms with Crippen LogP contribution in [0.2, 0.25) is 0 Å². The smallest absolute Gasteiger partial charge is 0.319 e. The zero-order valence-electron chi connectivity index (χ0n) is 10.3. The van der Waals surface area contributed by atoms with Gasteiger partial charge in [0.25, 0.3) is 0 Å². The summed E-state index contributed by atoms with van der Waals surface area (Å²) in [6.07, 6.45) is 1.29. The third-order valence-electron chi connectivity index (χ3n) is 2.56. The van der Waals surface area contributed by atoms with Gasteiger partial charge in [0.1, 0.15) is 0 Å². The van der Waals surface area contributed by atoms with Crippen molar-refractivity contribution in [2.75, 3.05) is 11.9 Å². The van der Waals surface area contributed by atoms with Crippen molar-refractivity contribution in [2.24, 2.45) is 0 Å². The van der Waals surface area contributed by atoms with Crippen LogP contribution in [0.15, 0.2) is 24.3 Å². The summed E-state index contributed by atoms with van der Waals surface area (Å²) in [4.78, 5) is 11.7. The molecule has 5 nitrogen and oxygen atoms in total. The third kappa shape index (κ3) is 4.44. The number of aliphatic hydroxyl groups excluding tert-OH is 1. The number of anilines is 1. The number of nitrogens with zero attached hydrogens (tertiary/aromatic N) is 1. The zero-order valence-corrected chi connectivity index (χ0v) is 10.3. The molecule has 1 atom stereocenters. The standard InChI is InChI=1S/C13H17N3O2/c1-2-11(6-7-17)15-13(18)16-12-5-3-4-10(8-12)9-14/h3-5,8,11,17H,2,6-7H2,1H3,(H2,15,16,18). The van der Waals surface area contributed by atoms with Crippen molar-refractivity contribution in [3.05, 3.63) is 29.8 Å². The number of hydrogen-bond acceptors (Lipinski definition) is 3. The first-order valence-corrected chi connectivity index (χ1v) is 5.88. The molecule has 0 radical (unpaired) electrons. The minimum absolute atomic E-state index is 0.0443. The number of hydrogen-bond donors (Lipinski definition) is 3. The first kappa shape index (κ1) is 14.0. The summed E-state index contributed by atoms with van der Waals surface area (Å²) >= 11 is 0. The minimum Gasteiger partial charge on any atom is -0.396 e. The van der Waals surface area contributed by atoms with Crippen molar-refractivity contribution in [2.45, 2.75) is 25.8 Å². The van der Waals surface area contributed by atoms with Gasteiger partial charge in [0.2, 0.25) is 0 Å². The van der Waals surface area contributed by atoms with E-state index in [1.165, 1.54) is 0 Å². The lowest BCUT2D eigenvalue weighted by Gasteiger charge is -2.16. The highest BCUT2D eigenvalue weighted by molar-refractivity contribution is 5.89. The van der Waals surface area contributed by atoms with Crippen LogP contribution in [0.1, 0.15) is 25.3 Å². The van der Waals surface area contributed by atoms with Crippen molar-refractivity contribution >= 4 is 11.7 Å². The van der Waals surface area contributed by atoms with E-state index in [1.54, 1.807) is 24.3 Å². The molecule has 0 fully saturated rings. The molecule has 0 heterocycles. The average molecular weight is 247 g/mol. The van der Waals surface area contributed by atoms with E-state index in [9.17, 15) is 4.79 Å². The summed E-state index contributed by atoms with van der Waals surface area (Å²) < 4.78 is 0. The number of amides is 2. The fourth-order valence-electron chi connectivity index (χ4n) is 1.55. The van der Waals surface area contributed by atoms with Crippen LogP contribution < -0.4 is 10.6 Å². The molecule has 18 heavy (non-hydrogen) atoms. The van der Waals surface area contributed by atoms with Crippen LogP contribution in [0.4, 0.5) is 10.5 Å². The van der Waals surface area contributed by atoms with E-state index >= 15 is 0 Å². The fraction of sp³-hybridized carbons (Fsp3) is 0.385. The molecule has 5 heteroatoms. The van der Waals surface area contributed by atoms with Crippen LogP contribution in [0.25, 0.3) is 0 Å². The lowest BCUT2D eigenvalue weighted by molar-refractivity contribution is 0.237. The lowest BCUT2D eigenvalue weighted by atomic mass is 10.1. The Morgan fingerprint density at radius 1 is 1.56 bits per heavy atom. The topological polar surface area (TPSA) is 85.2 Å². The molecular formula is C13H17N3O2. The maximum absolute atomic E-state index is 11.7. The zero-order chi connectivity index (χ0) is 13.4. The summed E-state index contributed by atoms with van der Waals surface area (Å²) in [7, 11) is 0. The van der Waals surface area contributed by atoms with E-state index in [0.717, 1.165) is 6.42 Å². The van der Waals surface area contributed by atoms with E-state index in [2.05, 4.69) is 10.6 Å². The monoisotopic (exact) mass is 247 g/mol. The predicted octanol–water partition coefficient (Wildman–Crippen LogP) is 1.84. The normalized spacial score (nSPS) is 11.4. The Bertz CT molecular complexity index is 440. The number of nitrogens with one attached hydrogen (secondary N) is 2. The summed E-state index contributed by atoms with van der Waals surface area (Å²) in [5, 5.41) is 23.0. The Labute approximate surface area is 106 Å². The van der Waals surface area contributed by atoms with Crippen LogP contribution in [0.3, 0.4) is 0 Å². The largest absolute Gasteiger partial charge is 0.396 e. The molecule has 0 aliphatic heterocycles. The van der Waals surface area contributed by atoms with Crippen molar-refractivity contribution in [3.8, 4) is 6.07 Å². The fourth-order valence-corrected chi connectivity index (χ4v) is 1.55. The van der Waals surface area contributed by atoms with Crippen LogP contribution in [-0.2, 0) is 0 Å². The maximum Gasteiger partial charge on any atom is 0.319 e. The SMILES string of the molecule is CCC(CCO)NC(=O)Nc1cccc(C#N)c1. The lowest BCUT2D eigenvalue weighted by Crippen LogP contribution is -2.38. The van der Waals surface area contributed by atoms with Crippen LogP contribution in [-0.4, -0.2) is 23.8 Å². The van der Waals surface area contributed by atoms with E-state index in [-0.39, 0.29) is 18.7 Å². The van der Waals surface area contributed by atoms with Gasteiger partial charge in [-0.15, -0.1) is 0 Å². The highest BCUT2D eigenvalue weighted by atomic mass is 16.3. The minimum atomic E-state index is -0.328. The van der Waals surface area contributed by atoms with Crippen molar-refractivity contribution in [1.82, 2.24) is 5.32 Å². The molecule has 0 spiro atoms. The van der Waals surface area contributed by atoms with Gasteiger partial charge in [0.05, 0.1) is 11.6 Å². The van der Waals surface area contributed by atoms with Gasteiger partial charge in [-0.05, 0) is 31.0 Å². The first-order chi connectivity index (χ1) is 8.69. The molecule has 0 aromatic heterocycles. The number of rotatable bonds is 5. The van der Waals surface area contributed by atoms with E-state index < -0.39 is 0 Å². The van der Waals surface area contributed by atoms with Crippen molar-refractivity contribution < 1.29 is 9.90 Å². The second-order valence-electron chi connectivity index (χ2n) is 3.91. The summed E-state index contributed by atoms with van der Waals surface area (Å²) in [5.41, 5.74) is 1.07. The molecule has 0 saturated carbocycles. The molecule has 1 aromatic rings. The molecule has 0 saturated heterocycles. The molecule has 96 valence electrons. The van der Waals surface area contributed by atoms with E-state index in [0.29, 0.717) is 17.7 Å². The van der Waals surface area contributed by atoms with Gasteiger partial charge in [0.15, 0.2) is 0 Å². The summed E-state index contributed by atoms with van der Waals surface area (Å²) in [6.45, 7) is 1.99. The quantitative estimate of drug-likeness (QED) is 0.742. The third-order valence-corrected chi connectivity index (χ3v) is 2.56. The molecule has 0 bridgehead atoms. The van der Waals surface area contributed by atoms with Crippen LogP contribution in [0, 0.1) is 11.3 Å². The average Bonchev–Trinajstić information content (AvgIpc) is 2.38. The molecule has 3 N–H and O–H groups in total. The number of carbonyl (C=O) groups is 1. The number of nitriles is 1. The molecule has 1 rings (SSSR count). The Balaban J connectivity index is 2.56. The van der Waals surface area contributed by atoms with Crippen molar-refractivity contribution in [1.29, 1.82) is 5.26 Å². The Kier molecular flexibility index (Phi) is 5.68. The molecular weight excluding hydrogens is 230 g/mol. The van der Waals surface area contributed by atoms with Gasteiger partial charge < -0.3 is 15.7 Å². The van der Waals surface area contributed by atoms with Gasteiger partial charge in [-0.25, -0.2) is 4.79 Å². The Morgan fingerprint density at radius 2 is 2.33 bits per heavy atom. The number of carbonyl (C=O) groups excluding carboxylic acids is 1. The Hall–Kier alpha value is -2.06. The second-order valence-corrected chi connectivity index (χ2v) is 3.91. The summed E-state index contributed by atoms with van der Waals surface area (Å²) in [5.74, 6) is 0. The van der Waals surface area contributed by atoms with Gasteiger partial charge >= 0.3 is 6.03 Å². The van der Waals surface area contributed by atoms with Crippen LogP contribution >= 0.6 is 0 Å². The second kappa shape index (κ2) is 7.30. The number of benzene rings is 1. The summed E-state index contributed by atoms with van der Waals surface area (Å²) in [6, 6.07) is 8.33. The highest BCUT2D eigenvalue weighted by Gasteiger charge is 2.09. The van der Waals surface area contributed by atoms with Gasteiger partial charge in [0, 0.05) is 18.3 Å². The van der Waals surface area contributed by atoms with E-state index in [1.807, 2.05) is 13.0 Å². The first-order valence-electron chi connectivity index (χ1n) is 5.88. The predicted molar refractivity (Wildman–Crippen MR) is 69.1 cm³/mol. The van der Waals surface area contributed by atoms with Crippen LogP contribution in [0.5, 0.6) is 0 Å². The highest BCUT2D eigenvalue weighted by Crippen LogP contribution is 2.09. The van der Waals surface area contributed by atoms with Gasteiger partial charge in [-0.3, -0.25) is 0 Å². The molecule has 1 aromatic carbocycles. The van der Waals surface area contributed by atoms with Gasteiger partial charge in [-0.2, -0.15) is 5.26 Å². The van der Waals surface area contributed by atoms with Crippen molar-refractivity contribution in [3.63, 3.8) is 0 Å². The molecule has 0 aliphatic carbocycles. The molecule has 0 aliphatic rings. The Morgan fingerprint density at radius 3 is 2.94 bits per heavy atom. The maximum atomic E-state index is 11.7. The van der Waals surface area contributed by atoms with Gasteiger partial charge in [-0.1, -0.05) is 13.0 Å². The van der Waals surface area contributed by atoms with E-state index in [4.69, 9.17) is 10.4 Å². The number of urea groups is 1. The molecule has 1 unspecified atom stereocenters.